The summed E-state index contributed by atoms with van der Waals surface area (Å²) in [6.07, 6.45) is 3.04. The van der Waals surface area contributed by atoms with Crippen LogP contribution in [0.2, 0.25) is 0 Å². The molecule has 3 nitrogen and oxygen atoms in total. The lowest BCUT2D eigenvalue weighted by molar-refractivity contribution is 0.414. The van der Waals surface area contributed by atoms with Crippen molar-refractivity contribution in [2.24, 2.45) is 0 Å². The number of rotatable bonds is 4. The predicted octanol–water partition coefficient (Wildman–Crippen LogP) is 3.76. The first kappa shape index (κ1) is 13.3. The Hall–Kier alpha value is -2.73. The third kappa shape index (κ3) is 2.75. The normalized spacial score (nSPS) is 10.5. The fraction of sp³-hybridized carbons (Fsp3) is 0.167. The highest BCUT2D eigenvalue weighted by atomic mass is 16.5. The highest BCUT2D eigenvalue weighted by molar-refractivity contribution is 5.81. The van der Waals surface area contributed by atoms with E-state index >= 15 is 0 Å². The van der Waals surface area contributed by atoms with E-state index < -0.39 is 0 Å². The molecule has 0 aliphatic carbocycles. The van der Waals surface area contributed by atoms with Crippen molar-refractivity contribution in [2.75, 3.05) is 7.11 Å². The highest BCUT2D eigenvalue weighted by Crippen LogP contribution is 2.18. The third-order valence-electron chi connectivity index (χ3n) is 3.70. The van der Waals surface area contributed by atoms with Gasteiger partial charge in [0.2, 0.25) is 0 Å². The Labute approximate surface area is 124 Å². The topological polar surface area (TPSA) is 38.0 Å². The summed E-state index contributed by atoms with van der Waals surface area (Å²) in [6.45, 7) is 0.918. The molecule has 0 aliphatic rings. The number of nitriles is 1. The van der Waals surface area contributed by atoms with Crippen LogP contribution in [0.5, 0.6) is 5.75 Å². The maximum absolute atomic E-state index is 8.93. The zero-order chi connectivity index (χ0) is 14.7. The van der Waals surface area contributed by atoms with Crippen LogP contribution in [-0.2, 0) is 13.0 Å². The van der Waals surface area contributed by atoms with Crippen molar-refractivity contribution in [1.29, 1.82) is 5.26 Å². The average molecular weight is 276 g/mol. The molecule has 0 radical (unpaired) electrons. The Morgan fingerprint density at radius 1 is 1.10 bits per heavy atom. The molecule has 21 heavy (non-hydrogen) atoms. The molecule has 0 spiro atoms. The second-order valence-electron chi connectivity index (χ2n) is 4.99. The summed E-state index contributed by atoms with van der Waals surface area (Å²) in [5, 5.41) is 10.0. The minimum absolute atomic E-state index is 0.704. The molecule has 0 aliphatic heterocycles. The number of hydrogen-bond donors (Lipinski definition) is 0. The Kier molecular flexibility index (Phi) is 3.61. The molecule has 2 aromatic carbocycles. The molecule has 0 amide bonds. The van der Waals surface area contributed by atoms with Gasteiger partial charge in [-0.3, -0.25) is 0 Å². The van der Waals surface area contributed by atoms with Crippen molar-refractivity contribution in [2.45, 2.75) is 13.0 Å². The number of methoxy groups -OCH3 is 1. The summed E-state index contributed by atoms with van der Waals surface area (Å²) in [6, 6.07) is 18.2. The van der Waals surface area contributed by atoms with Gasteiger partial charge in [-0.15, -0.1) is 0 Å². The number of nitrogens with zero attached hydrogens (tertiary/aromatic N) is 2. The summed E-state index contributed by atoms with van der Waals surface area (Å²) in [5.41, 5.74) is 3.16. The molecule has 0 unspecified atom stereocenters. The number of aryl methyl sites for hydroxylation is 2. The standard InChI is InChI=1S/C18H16N2O/c1-21-17-5-2-14(3-6-17)8-10-20-11-9-16-12-15(13-19)4-7-18(16)20/h2-7,9,11-12H,8,10H2,1H3. The molecule has 3 heteroatoms. The smallest absolute Gasteiger partial charge is 0.118 e. The third-order valence-corrected chi connectivity index (χ3v) is 3.70. The summed E-state index contributed by atoms with van der Waals surface area (Å²) in [5.74, 6) is 0.884. The maximum Gasteiger partial charge on any atom is 0.118 e. The van der Waals surface area contributed by atoms with Gasteiger partial charge >= 0.3 is 0 Å². The quantitative estimate of drug-likeness (QED) is 0.727. The first-order valence-corrected chi connectivity index (χ1v) is 6.92. The summed E-state index contributed by atoms with van der Waals surface area (Å²) >= 11 is 0. The minimum Gasteiger partial charge on any atom is -0.497 e. The van der Waals surface area contributed by atoms with Crippen LogP contribution in [0.25, 0.3) is 10.9 Å². The second kappa shape index (κ2) is 5.72. The van der Waals surface area contributed by atoms with Gasteiger partial charge in [-0.1, -0.05) is 12.1 Å². The lowest BCUT2D eigenvalue weighted by Gasteiger charge is -2.07. The first-order valence-electron chi connectivity index (χ1n) is 6.92. The van der Waals surface area contributed by atoms with E-state index in [0.717, 1.165) is 24.1 Å². The van der Waals surface area contributed by atoms with Gasteiger partial charge in [0.05, 0.1) is 18.7 Å². The molecule has 1 heterocycles. The number of aromatic nitrogens is 1. The molecular formula is C18H16N2O. The van der Waals surface area contributed by atoms with E-state index in [1.807, 2.05) is 30.3 Å². The average Bonchev–Trinajstić information content (AvgIpc) is 2.95. The van der Waals surface area contributed by atoms with Crippen LogP contribution in [-0.4, -0.2) is 11.7 Å². The van der Waals surface area contributed by atoms with Crippen molar-refractivity contribution in [3.8, 4) is 11.8 Å². The lowest BCUT2D eigenvalue weighted by Crippen LogP contribution is -1.99. The Morgan fingerprint density at radius 2 is 1.90 bits per heavy atom. The lowest BCUT2D eigenvalue weighted by atomic mass is 10.1. The molecule has 104 valence electrons. The molecule has 0 fully saturated rings. The number of hydrogen-bond acceptors (Lipinski definition) is 2. The summed E-state index contributed by atoms with van der Waals surface area (Å²) in [7, 11) is 1.68. The molecule has 0 saturated carbocycles. The van der Waals surface area contributed by atoms with Crippen LogP contribution in [0.15, 0.2) is 54.7 Å². The van der Waals surface area contributed by atoms with Gasteiger partial charge in [0, 0.05) is 23.6 Å². The highest BCUT2D eigenvalue weighted by Gasteiger charge is 2.03. The Morgan fingerprint density at radius 3 is 2.62 bits per heavy atom. The van der Waals surface area contributed by atoms with Crippen LogP contribution in [0.4, 0.5) is 0 Å². The van der Waals surface area contributed by atoms with E-state index in [1.54, 1.807) is 7.11 Å². The molecule has 0 atom stereocenters. The Balaban J connectivity index is 1.77. The van der Waals surface area contributed by atoms with Crippen molar-refractivity contribution in [1.82, 2.24) is 4.57 Å². The van der Waals surface area contributed by atoms with Crippen LogP contribution >= 0.6 is 0 Å². The predicted molar refractivity (Wildman–Crippen MR) is 83.4 cm³/mol. The molecule has 0 saturated heterocycles. The zero-order valence-corrected chi connectivity index (χ0v) is 11.9. The zero-order valence-electron chi connectivity index (χ0n) is 11.9. The van der Waals surface area contributed by atoms with E-state index in [2.05, 4.69) is 35.0 Å². The summed E-state index contributed by atoms with van der Waals surface area (Å²) in [4.78, 5) is 0. The molecule has 0 N–H and O–H groups in total. The van der Waals surface area contributed by atoms with Gasteiger partial charge in [-0.2, -0.15) is 5.26 Å². The van der Waals surface area contributed by atoms with Gasteiger partial charge in [-0.05, 0) is 48.4 Å². The SMILES string of the molecule is COc1ccc(CCn2ccc3cc(C#N)ccc32)cc1. The molecule has 3 aromatic rings. The second-order valence-corrected chi connectivity index (χ2v) is 4.99. The van der Waals surface area contributed by atoms with E-state index in [4.69, 9.17) is 10.00 Å². The van der Waals surface area contributed by atoms with Crippen LogP contribution in [0, 0.1) is 11.3 Å². The van der Waals surface area contributed by atoms with Crippen molar-refractivity contribution in [3.63, 3.8) is 0 Å². The largest absolute Gasteiger partial charge is 0.497 e. The maximum atomic E-state index is 8.93. The van der Waals surface area contributed by atoms with Crippen molar-refractivity contribution >= 4 is 10.9 Å². The molecular weight excluding hydrogens is 260 g/mol. The van der Waals surface area contributed by atoms with Crippen molar-refractivity contribution in [3.05, 3.63) is 65.9 Å². The minimum atomic E-state index is 0.704. The van der Waals surface area contributed by atoms with E-state index in [-0.39, 0.29) is 0 Å². The first-order chi connectivity index (χ1) is 10.3. The van der Waals surface area contributed by atoms with E-state index in [9.17, 15) is 0 Å². The van der Waals surface area contributed by atoms with Gasteiger partial charge in [-0.25, -0.2) is 0 Å². The summed E-state index contributed by atoms with van der Waals surface area (Å²) < 4.78 is 7.39. The molecule has 1 aromatic heterocycles. The number of benzene rings is 2. The Bertz CT molecular complexity index is 794. The fourth-order valence-corrected chi connectivity index (χ4v) is 2.51. The van der Waals surface area contributed by atoms with Gasteiger partial charge in [0.15, 0.2) is 0 Å². The van der Waals surface area contributed by atoms with Gasteiger partial charge in [0.25, 0.3) is 0 Å². The van der Waals surface area contributed by atoms with E-state index in [1.165, 1.54) is 11.1 Å². The van der Waals surface area contributed by atoms with Crippen LogP contribution in [0.3, 0.4) is 0 Å². The number of ether oxygens (including phenoxy) is 1. The van der Waals surface area contributed by atoms with Gasteiger partial charge in [0.1, 0.15) is 5.75 Å². The number of fused-ring (bicyclic) bond motifs is 1. The molecule has 0 bridgehead atoms. The molecule has 3 rings (SSSR count). The fourth-order valence-electron chi connectivity index (χ4n) is 2.51. The van der Waals surface area contributed by atoms with Crippen LogP contribution < -0.4 is 4.74 Å². The van der Waals surface area contributed by atoms with Crippen LogP contribution in [0.1, 0.15) is 11.1 Å². The monoisotopic (exact) mass is 276 g/mol. The van der Waals surface area contributed by atoms with Crippen molar-refractivity contribution < 1.29 is 4.74 Å². The van der Waals surface area contributed by atoms with E-state index in [0.29, 0.717) is 5.56 Å². The van der Waals surface area contributed by atoms with Gasteiger partial charge < -0.3 is 9.30 Å².